The van der Waals surface area contributed by atoms with Crippen molar-refractivity contribution in [2.24, 2.45) is 28.6 Å². The molecule has 0 amide bonds. The van der Waals surface area contributed by atoms with Crippen molar-refractivity contribution in [2.45, 2.75) is 265 Å². The van der Waals surface area contributed by atoms with Crippen LogP contribution in [0, 0.1) is 28.6 Å². The molecule has 22 nitrogen and oxygen atoms in total. The fraction of sp³-hybridized carbons (Fsp3) is 0.962. The highest BCUT2D eigenvalue weighted by molar-refractivity contribution is 5.30. The average Bonchev–Trinajstić information content (AvgIpc) is 4.05. The van der Waals surface area contributed by atoms with E-state index in [0.717, 1.165) is 38.5 Å². The molecule has 11 rings (SSSR count). The van der Waals surface area contributed by atoms with E-state index in [2.05, 4.69) is 26.8 Å². The maximum Gasteiger partial charge on any atom is 0.187 e. The van der Waals surface area contributed by atoms with Gasteiger partial charge in [-0.25, -0.2) is 0 Å². The molecule has 8 heterocycles. The maximum absolute atomic E-state index is 11.6. The number of allylic oxidation sites excluding steroid dienone is 1. The second-order valence-electron chi connectivity index (χ2n) is 24.2. The summed E-state index contributed by atoms with van der Waals surface area (Å²) >= 11 is 0. The van der Waals surface area contributed by atoms with Crippen LogP contribution in [0.4, 0.5) is 0 Å². The third-order valence-electron chi connectivity index (χ3n) is 19.8. The Bertz CT molecular complexity index is 2010. The first kappa shape index (κ1) is 55.8. The molecule has 0 aromatic rings. The zero-order chi connectivity index (χ0) is 53.3. The number of hydrogen-bond donors (Lipinski definition) is 7. The third-order valence-corrected chi connectivity index (χ3v) is 19.8. The Morgan fingerprint density at radius 3 is 1.88 bits per heavy atom. The highest BCUT2D eigenvalue weighted by atomic mass is 16.8. The number of aliphatic hydroxyl groups excluding tert-OH is 7. The quantitative estimate of drug-likeness (QED) is 0.127. The second kappa shape index (κ2) is 21.0. The molecule has 0 spiro atoms. The van der Waals surface area contributed by atoms with Crippen LogP contribution in [0.2, 0.25) is 0 Å². The molecule has 0 radical (unpaired) electrons. The van der Waals surface area contributed by atoms with Crippen LogP contribution in [0.25, 0.3) is 0 Å². The van der Waals surface area contributed by atoms with Gasteiger partial charge in [0.1, 0.15) is 61.0 Å². The summed E-state index contributed by atoms with van der Waals surface area (Å²) in [5.41, 5.74) is 1.42. The number of aliphatic hydroxyl groups is 7. The highest BCUT2D eigenvalue weighted by Crippen LogP contribution is 2.76. The Balaban J connectivity index is 0.643. The van der Waals surface area contributed by atoms with Gasteiger partial charge in [-0.05, 0) is 84.5 Å². The lowest BCUT2D eigenvalue weighted by molar-refractivity contribution is -0.373. The molecule has 8 saturated heterocycles. The molecule has 428 valence electrons. The van der Waals surface area contributed by atoms with Crippen LogP contribution in [-0.2, 0) is 71.1 Å². The molecule has 8 aliphatic heterocycles. The van der Waals surface area contributed by atoms with Crippen molar-refractivity contribution in [3.8, 4) is 0 Å². The summed E-state index contributed by atoms with van der Waals surface area (Å²) in [6.45, 7) is 14.0. The molecule has 7 N–H and O–H groups in total. The zero-order valence-electron chi connectivity index (χ0n) is 44.7. The number of ether oxygens (including phenoxy) is 15. The van der Waals surface area contributed by atoms with Crippen molar-refractivity contribution >= 4 is 0 Å². The van der Waals surface area contributed by atoms with E-state index in [1.165, 1.54) is 12.7 Å². The lowest BCUT2D eigenvalue weighted by atomic mass is 9.48. The van der Waals surface area contributed by atoms with Gasteiger partial charge in [-0.1, -0.05) is 25.5 Å². The van der Waals surface area contributed by atoms with Gasteiger partial charge < -0.3 is 107 Å². The topological polar surface area (TPSA) is 280 Å². The van der Waals surface area contributed by atoms with Gasteiger partial charge in [-0.15, -0.1) is 0 Å². The van der Waals surface area contributed by atoms with E-state index in [1.54, 1.807) is 21.0 Å². The molecule has 22 heteroatoms. The van der Waals surface area contributed by atoms with Crippen LogP contribution in [0.5, 0.6) is 0 Å². The minimum atomic E-state index is -1.68. The second-order valence-corrected chi connectivity index (χ2v) is 24.2. The van der Waals surface area contributed by atoms with Crippen LogP contribution in [0.15, 0.2) is 11.6 Å². The Morgan fingerprint density at radius 2 is 1.23 bits per heavy atom. The van der Waals surface area contributed by atoms with Crippen molar-refractivity contribution in [3.63, 3.8) is 0 Å². The Hall–Kier alpha value is -1.14. The summed E-state index contributed by atoms with van der Waals surface area (Å²) in [7, 11) is 2.92. The maximum atomic E-state index is 11.6. The van der Waals surface area contributed by atoms with Crippen molar-refractivity contribution in [3.05, 3.63) is 11.6 Å². The molecule has 0 aromatic carbocycles. The lowest BCUT2D eigenvalue weighted by Crippen LogP contribution is -2.65. The first-order valence-corrected chi connectivity index (χ1v) is 27.7. The van der Waals surface area contributed by atoms with Crippen LogP contribution in [0.1, 0.15) is 106 Å². The predicted molar refractivity (Wildman–Crippen MR) is 254 cm³/mol. The zero-order valence-corrected chi connectivity index (χ0v) is 44.7. The number of hydrogen-bond acceptors (Lipinski definition) is 22. The van der Waals surface area contributed by atoms with Crippen molar-refractivity contribution in [1.82, 2.24) is 0 Å². The summed E-state index contributed by atoms with van der Waals surface area (Å²) in [4.78, 5) is 0. The minimum absolute atomic E-state index is 0.00388. The van der Waals surface area contributed by atoms with E-state index in [-0.39, 0.29) is 54.1 Å². The van der Waals surface area contributed by atoms with Gasteiger partial charge in [0.05, 0.1) is 74.1 Å². The largest absolute Gasteiger partial charge is 0.394 e. The van der Waals surface area contributed by atoms with E-state index in [0.29, 0.717) is 12.5 Å². The van der Waals surface area contributed by atoms with E-state index in [9.17, 15) is 35.7 Å². The molecular formula is C53H84O22. The predicted octanol–water partition coefficient (Wildman–Crippen LogP) is 1.02. The van der Waals surface area contributed by atoms with E-state index >= 15 is 0 Å². The summed E-state index contributed by atoms with van der Waals surface area (Å²) in [5, 5.41) is 75.1. The average molecular weight is 1070 g/mol. The van der Waals surface area contributed by atoms with Crippen LogP contribution < -0.4 is 0 Å². The molecule has 11 aliphatic rings. The highest BCUT2D eigenvalue weighted by Gasteiger charge is 2.83. The smallest absolute Gasteiger partial charge is 0.187 e. The number of rotatable bonds is 13. The lowest BCUT2D eigenvalue weighted by Gasteiger charge is -2.59. The van der Waals surface area contributed by atoms with E-state index in [1.807, 2.05) is 13.8 Å². The minimum Gasteiger partial charge on any atom is -0.394 e. The van der Waals surface area contributed by atoms with Gasteiger partial charge in [0.15, 0.2) is 43.0 Å². The molecule has 22 unspecified atom stereocenters. The van der Waals surface area contributed by atoms with Crippen LogP contribution in [0.3, 0.4) is 0 Å². The van der Waals surface area contributed by atoms with Crippen LogP contribution in [-0.4, -0.2) is 222 Å². The molecule has 31 atom stereocenters. The Labute approximate surface area is 438 Å². The Kier molecular flexibility index (Phi) is 15.6. The molecule has 0 aromatic heterocycles. The monoisotopic (exact) mass is 1070 g/mol. The van der Waals surface area contributed by atoms with Gasteiger partial charge in [0.2, 0.25) is 0 Å². The fourth-order valence-electron chi connectivity index (χ4n) is 16.0. The Morgan fingerprint density at radius 1 is 0.613 bits per heavy atom. The molecule has 2 bridgehead atoms. The summed E-state index contributed by atoms with van der Waals surface area (Å²) < 4.78 is 93.9. The van der Waals surface area contributed by atoms with Crippen molar-refractivity contribution in [2.75, 3.05) is 27.4 Å². The molecule has 10 fully saturated rings. The third kappa shape index (κ3) is 9.34. The molecule has 75 heavy (non-hydrogen) atoms. The van der Waals surface area contributed by atoms with Gasteiger partial charge in [0, 0.05) is 44.8 Å². The van der Waals surface area contributed by atoms with Crippen molar-refractivity contribution in [1.29, 1.82) is 0 Å². The van der Waals surface area contributed by atoms with Gasteiger partial charge >= 0.3 is 0 Å². The van der Waals surface area contributed by atoms with Gasteiger partial charge in [-0.2, -0.15) is 0 Å². The first-order valence-electron chi connectivity index (χ1n) is 27.7. The van der Waals surface area contributed by atoms with E-state index < -0.39 is 153 Å². The SMILES string of the molecule is COC1CC(OC2C(O)CC(O[C@H]3CC[C@@]4(C)C(=CC[C@@H]5[C@@H]4CC[C@]4(C)[C@@H]6[C@H]7CO[C@]6(C)O[C@@]54O7)C3)OC2C)OC(C)C1OC1CC(O)C(OC2OC(C)C(OC3OC(CO)C(O)C(O)C3O)C(OC)C2O)C(C)O1. The van der Waals surface area contributed by atoms with E-state index in [4.69, 9.17) is 71.1 Å². The van der Waals surface area contributed by atoms with Gasteiger partial charge in [0.25, 0.3) is 0 Å². The normalized spacial score (nSPS) is 57.5. The summed E-state index contributed by atoms with van der Waals surface area (Å²) in [5.74, 6) is -0.196. The molecule has 2 saturated carbocycles. The number of fused-ring (bicyclic) bond motifs is 3. The summed E-state index contributed by atoms with van der Waals surface area (Å²) in [6, 6.07) is 0. The van der Waals surface area contributed by atoms with Crippen LogP contribution >= 0.6 is 0 Å². The first-order chi connectivity index (χ1) is 35.6. The molecular weight excluding hydrogens is 989 g/mol. The molecule has 3 aliphatic carbocycles. The number of methoxy groups -OCH3 is 2. The fourth-order valence-corrected chi connectivity index (χ4v) is 16.0. The standard InChI is InChI=1S/C53H84O22/c1-22-42(30(55)17-35(64-22)68-27-12-14-50(5)26(16-27)10-11-29-28(50)13-15-51(6)47-34-21-63-52(47,7)75-53(29,51)74-34)70-37-19-32(61-8)44(24(3)66-37)71-36-18-31(56)43(23(2)65-36)72-49-41(60)46(62-9)45(25(4)67-49)73-48-40(59)39(58)38(57)33(20-54)69-48/h10,22-25,27-49,54-60H,11-21H2,1-9H3/t22?,23?,24?,25?,27-,28-,29+,30?,31?,32?,33?,34+,35?,36?,37?,38?,39?,40?,41?,42?,43?,44?,45?,46?,47-,48?,49?,50-,51+,52+,53-/m0/s1. The summed E-state index contributed by atoms with van der Waals surface area (Å²) in [6.07, 6.45) is -13.4. The van der Waals surface area contributed by atoms with Crippen molar-refractivity contribution < 1.29 is 107 Å². The van der Waals surface area contributed by atoms with Gasteiger partial charge in [-0.3, -0.25) is 0 Å².